The second-order valence-corrected chi connectivity index (χ2v) is 7.33. The maximum atomic E-state index is 6.34. The van der Waals surface area contributed by atoms with Crippen molar-refractivity contribution in [2.75, 3.05) is 26.9 Å². The Kier molecular flexibility index (Phi) is 8.70. The van der Waals surface area contributed by atoms with E-state index in [-0.39, 0.29) is 24.4 Å². The van der Waals surface area contributed by atoms with Crippen LogP contribution in [0, 0.1) is 0 Å². The number of benzene rings is 1. The van der Waals surface area contributed by atoms with E-state index in [4.69, 9.17) is 28.4 Å². The summed E-state index contributed by atoms with van der Waals surface area (Å²) in [5.41, 5.74) is 0.991. The van der Waals surface area contributed by atoms with Gasteiger partial charge in [-0.15, -0.1) is 0 Å². The van der Waals surface area contributed by atoms with Gasteiger partial charge in [-0.1, -0.05) is 57.0 Å². The van der Waals surface area contributed by atoms with Crippen molar-refractivity contribution in [3.8, 4) is 0 Å². The Morgan fingerprint density at radius 1 is 0.929 bits per heavy atom. The first-order valence-electron chi connectivity index (χ1n) is 10.5. The summed E-state index contributed by atoms with van der Waals surface area (Å²) in [5, 5.41) is 0. The molecule has 2 aliphatic heterocycles. The number of fused-ring (bicyclic) bond motifs is 1. The molecule has 0 bridgehead atoms. The van der Waals surface area contributed by atoms with Gasteiger partial charge in [0.05, 0.1) is 6.61 Å². The highest BCUT2D eigenvalue weighted by atomic mass is 16.8. The fourth-order valence-corrected chi connectivity index (χ4v) is 3.61. The SMILES string of the molecule is CCCCOC1C(OCCCC)[C@@H]2OC(c3ccccc3)OCC2O[C@@H]1OC. The van der Waals surface area contributed by atoms with Gasteiger partial charge in [-0.05, 0) is 12.8 Å². The number of hydrogen-bond acceptors (Lipinski definition) is 6. The Balaban J connectivity index is 1.76. The molecule has 1 aromatic carbocycles. The molecule has 6 atom stereocenters. The molecule has 158 valence electrons. The number of methoxy groups -OCH3 is 1. The Morgan fingerprint density at radius 2 is 1.61 bits per heavy atom. The smallest absolute Gasteiger partial charge is 0.186 e. The summed E-state index contributed by atoms with van der Waals surface area (Å²) >= 11 is 0. The minimum absolute atomic E-state index is 0.248. The maximum Gasteiger partial charge on any atom is 0.186 e. The molecule has 28 heavy (non-hydrogen) atoms. The fourth-order valence-electron chi connectivity index (χ4n) is 3.61. The van der Waals surface area contributed by atoms with Crippen LogP contribution in [-0.2, 0) is 28.4 Å². The zero-order valence-corrected chi connectivity index (χ0v) is 17.3. The lowest BCUT2D eigenvalue weighted by Crippen LogP contribution is -2.63. The summed E-state index contributed by atoms with van der Waals surface area (Å²) in [6, 6.07) is 9.97. The molecule has 2 heterocycles. The molecule has 0 aliphatic carbocycles. The van der Waals surface area contributed by atoms with Crippen LogP contribution in [0.5, 0.6) is 0 Å². The Bertz CT molecular complexity index is 553. The van der Waals surface area contributed by atoms with Crippen LogP contribution in [0.1, 0.15) is 51.4 Å². The summed E-state index contributed by atoms with van der Waals surface area (Å²) in [5.74, 6) is 0. The molecule has 3 rings (SSSR count). The molecule has 0 saturated carbocycles. The number of unbranched alkanes of at least 4 members (excludes halogenated alkanes) is 2. The first kappa shape index (κ1) is 21.7. The van der Waals surface area contributed by atoms with Crippen molar-refractivity contribution in [2.45, 2.75) is 76.5 Å². The van der Waals surface area contributed by atoms with E-state index in [0.717, 1.165) is 31.2 Å². The van der Waals surface area contributed by atoms with Crippen LogP contribution in [0.3, 0.4) is 0 Å². The highest BCUT2D eigenvalue weighted by Crippen LogP contribution is 2.36. The van der Waals surface area contributed by atoms with Crippen molar-refractivity contribution in [3.63, 3.8) is 0 Å². The third-order valence-electron chi connectivity index (χ3n) is 5.20. The highest BCUT2D eigenvalue weighted by molar-refractivity contribution is 5.16. The van der Waals surface area contributed by atoms with Crippen molar-refractivity contribution >= 4 is 0 Å². The largest absolute Gasteiger partial charge is 0.372 e. The van der Waals surface area contributed by atoms with Crippen LogP contribution in [0.4, 0.5) is 0 Å². The van der Waals surface area contributed by atoms with Crippen LogP contribution >= 0.6 is 0 Å². The molecule has 6 nitrogen and oxygen atoms in total. The van der Waals surface area contributed by atoms with Crippen LogP contribution in [0.15, 0.2) is 30.3 Å². The van der Waals surface area contributed by atoms with Crippen molar-refractivity contribution < 1.29 is 28.4 Å². The Labute approximate surface area is 168 Å². The average molecular weight is 395 g/mol. The van der Waals surface area contributed by atoms with Crippen LogP contribution < -0.4 is 0 Å². The maximum absolute atomic E-state index is 6.34. The first-order valence-corrected chi connectivity index (χ1v) is 10.5. The van der Waals surface area contributed by atoms with Gasteiger partial charge in [0.25, 0.3) is 0 Å². The van der Waals surface area contributed by atoms with Gasteiger partial charge in [-0.3, -0.25) is 0 Å². The zero-order chi connectivity index (χ0) is 19.8. The van der Waals surface area contributed by atoms with Crippen molar-refractivity contribution in [3.05, 3.63) is 35.9 Å². The predicted octanol–water partition coefficient (Wildman–Crippen LogP) is 3.84. The topological polar surface area (TPSA) is 55.4 Å². The molecule has 2 saturated heterocycles. The van der Waals surface area contributed by atoms with Gasteiger partial charge in [0, 0.05) is 25.9 Å². The third kappa shape index (κ3) is 5.32. The van der Waals surface area contributed by atoms with Crippen LogP contribution in [-0.4, -0.2) is 57.6 Å². The summed E-state index contributed by atoms with van der Waals surface area (Å²) < 4.78 is 36.4. The van der Waals surface area contributed by atoms with E-state index in [9.17, 15) is 0 Å². The quantitative estimate of drug-likeness (QED) is 0.562. The molecule has 0 amide bonds. The summed E-state index contributed by atoms with van der Waals surface area (Å²) in [4.78, 5) is 0. The van der Waals surface area contributed by atoms with E-state index >= 15 is 0 Å². The lowest BCUT2D eigenvalue weighted by atomic mass is 9.97. The first-order chi connectivity index (χ1) is 13.8. The number of hydrogen-bond donors (Lipinski definition) is 0. The molecule has 0 spiro atoms. The van der Waals surface area contributed by atoms with E-state index in [1.807, 2.05) is 30.3 Å². The molecule has 2 fully saturated rings. The minimum atomic E-state index is -0.495. The van der Waals surface area contributed by atoms with Crippen molar-refractivity contribution in [1.29, 1.82) is 0 Å². The van der Waals surface area contributed by atoms with Crippen molar-refractivity contribution in [2.24, 2.45) is 0 Å². The van der Waals surface area contributed by atoms with E-state index in [2.05, 4.69) is 13.8 Å². The second-order valence-electron chi connectivity index (χ2n) is 7.33. The lowest BCUT2D eigenvalue weighted by Gasteiger charge is -2.48. The van der Waals surface area contributed by atoms with Crippen molar-refractivity contribution in [1.82, 2.24) is 0 Å². The summed E-state index contributed by atoms with van der Waals surface area (Å²) in [7, 11) is 1.64. The van der Waals surface area contributed by atoms with E-state index < -0.39 is 12.6 Å². The monoisotopic (exact) mass is 394 g/mol. The van der Waals surface area contributed by atoms with E-state index in [1.165, 1.54) is 0 Å². The number of rotatable bonds is 10. The second kappa shape index (κ2) is 11.2. The molecule has 6 heteroatoms. The van der Waals surface area contributed by atoms with Gasteiger partial charge < -0.3 is 28.4 Å². The Hall–Kier alpha value is -1.02. The molecule has 0 N–H and O–H groups in total. The predicted molar refractivity (Wildman–Crippen MR) is 105 cm³/mol. The molecule has 2 aliphatic rings. The zero-order valence-electron chi connectivity index (χ0n) is 17.3. The molecule has 1 aromatic rings. The molecule has 4 unspecified atom stereocenters. The minimum Gasteiger partial charge on any atom is -0.372 e. The van der Waals surface area contributed by atoms with E-state index in [1.54, 1.807) is 7.11 Å². The molecule has 0 aromatic heterocycles. The fraction of sp³-hybridized carbons (Fsp3) is 0.727. The van der Waals surface area contributed by atoms with Gasteiger partial charge in [-0.25, -0.2) is 0 Å². The number of ether oxygens (including phenoxy) is 6. The van der Waals surface area contributed by atoms with Crippen LogP contribution in [0.25, 0.3) is 0 Å². The summed E-state index contributed by atoms with van der Waals surface area (Å²) in [6.07, 6.45) is 2.08. The normalized spacial score (nSPS) is 32.8. The van der Waals surface area contributed by atoms with Gasteiger partial charge in [0.15, 0.2) is 12.6 Å². The Morgan fingerprint density at radius 3 is 2.25 bits per heavy atom. The molecule has 0 radical (unpaired) electrons. The van der Waals surface area contributed by atoms with Gasteiger partial charge in [-0.2, -0.15) is 0 Å². The van der Waals surface area contributed by atoms with Gasteiger partial charge in [0.1, 0.15) is 24.4 Å². The average Bonchev–Trinajstić information content (AvgIpc) is 2.75. The van der Waals surface area contributed by atoms with Gasteiger partial charge in [0.2, 0.25) is 0 Å². The van der Waals surface area contributed by atoms with Crippen LogP contribution in [0.2, 0.25) is 0 Å². The standard InChI is InChI=1S/C22H34O6/c1-4-6-13-24-19-18-17(27-22(23-3)20(19)25-14-7-5-2)15-26-21(28-18)16-11-9-8-10-12-16/h8-12,17-22H,4-7,13-15H2,1-3H3/t17?,18-,19?,20?,21?,22+/m1/s1. The lowest BCUT2D eigenvalue weighted by molar-refractivity contribution is -0.367. The highest BCUT2D eigenvalue weighted by Gasteiger charge is 2.51. The van der Waals surface area contributed by atoms with Gasteiger partial charge >= 0.3 is 0 Å². The summed E-state index contributed by atoms with van der Waals surface area (Å²) in [6.45, 7) is 6.04. The molecular weight excluding hydrogens is 360 g/mol. The molecular formula is C22H34O6. The third-order valence-corrected chi connectivity index (χ3v) is 5.20. The van der Waals surface area contributed by atoms with E-state index in [0.29, 0.717) is 19.8 Å².